The van der Waals surface area contributed by atoms with Gasteiger partial charge in [0.15, 0.2) is 0 Å². The Morgan fingerprint density at radius 1 is 1.05 bits per heavy atom. The molecule has 0 unspecified atom stereocenters. The molecule has 2 heterocycles. The molecular weight excluding hydrogens is 258 g/mol. The molecule has 0 spiro atoms. The van der Waals surface area contributed by atoms with Crippen molar-refractivity contribution in [1.82, 2.24) is 14.9 Å². The van der Waals surface area contributed by atoms with Gasteiger partial charge in [0.25, 0.3) is 0 Å². The second-order valence-corrected chi connectivity index (χ2v) is 5.72. The smallest absolute Gasteiger partial charge is 0.0543 e. The third-order valence-corrected chi connectivity index (χ3v) is 3.99. The maximum Gasteiger partial charge on any atom is 0.0543 e. The van der Waals surface area contributed by atoms with Crippen molar-refractivity contribution in [2.75, 3.05) is 7.05 Å². The van der Waals surface area contributed by atoms with E-state index in [9.17, 15) is 0 Å². The van der Waals surface area contributed by atoms with Crippen molar-refractivity contribution in [2.45, 2.75) is 26.9 Å². The molecule has 3 rings (SSSR count). The summed E-state index contributed by atoms with van der Waals surface area (Å²) in [5, 5.41) is 1.33. The fourth-order valence-corrected chi connectivity index (χ4v) is 2.81. The van der Waals surface area contributed by atoms with Gasteiger partial charge in [-0.25, -0.2) is 0 Å². The lowest BCUT2D eigenvalue weighted by Gasteiger charge is -2.15. The van der Waals surface area contributed by atoms with E-state index in [1.807, 2.05) is 18.3 Å². The summed E-state index contributed by atoms with van der Waals surface area (Å²) in [6, 6.07) is 12.5. The Hall–Kier alpha value is -2.13. The topological polar surface area (TPSA) is 31.9 Å². The molecule has 108 valence electrons. The molecule has 0 atom stereocenters. The van der Waals surface area contributed by atoms with E-state index in [2.05, 4.69) is 60.0 Å². The van der Waals surface area contributed by atoms with Gasteiger partial charge in [-0.3, -0.25) is 9.88 Å². The highest BCUT2D eigenvalue weighted by Gasteiger charge is 2.11. The maximum atomic E-state index is 4.39. The van der Waals surface area contributed by atoms with Crippen molar-refractivity contribution < 1.29 is 0 Å². The summed E-state index contributed by atoms with van der Waals surface area (Å²) in [5.41, 5.74) is 6.30. The van der Waals surface area contributed by atoms with Crippen molar-refractivity contribution in [3.63, 3.8) is 0 Å². The van der Waals surface area contributed by atoms with Gasteiger partial charge >= 0.3 is 0 Å². The van der Waals surface area contributed by atoms with Crippen LogP contribution in [0.15, 0.2) is 42.6 Å². The summed E-state index contributed by atoms with van der Waals surface area (Å²) >= 11 is 0. The number of rotatable bonds is 4. The van der Waals surface area contributed by atoms with Gasteiger partial charge in [0, 0.05) is 35.9 Å². The highest BCUT2D eigenvalue weighted by atomic mass is 15.1. The third-order valence-electron chi connectivity index (χ3n) is 3.99. The second kappa shape index (κ2) is 5.70. The summed E-state index contributed by atoms with van der Waals surface area (Å²) in [4.78, 5) is 10.3. The van der Waals surface area contributed by atoms with Gasteiger partial charge in [-0.1, -0.05) is 24.3 Å². The van der Waals surface area contributed by atoms with Crippen molar-refractivity contribution in [1.29, 1.82) is 0 Å². The Morgan fingerprint density at radius 2 is 1.90 bits per heavy atom. The molecule has 0 saturated heterocycles. The number of hydrogen-bond donors (Lipinski definition) is 1. The molecule has 0 radical (unpaired) electrons. The number of pyridine rings is 1. The number of nitrogens with one attached hydrogen (secondary N) is 1. The van der Waals surface area contributed by atoms with Gasteiger partial charge in [0.1, 0.15) is 0 Å². The SMILES string of the molecule is Cc1c(CN(C)Cc2ccccn2)[nH]c2c(C)cccc12. The van der Waals surface area contributed by atoms with E-state index in [1.165, 1.54) is 27.7 Å². The van der Waals surface area contributed by atoms with Crippen LogP contribution in [-0.2, 0) is 13.1 Å². The largest absolute Gasteiger partial charge is 0.357 e. The first-order valence-electron chi connectivity index (χ1n) is 7.30. The molecule has 1 N–H and O–H groups in total. The van der Waals surface area contributed by atoms with E-state index >= 15 is 0 Å². The van der Waals surface area contributed by atoms with Crippen molar-refractivity contribution >= 4 is 10.9 Å². The molecule has 0 aliphatic rings. The van der Waals surface area contributed by atoms with Crippen LogP contribution in [0.4, 0.5) is 0 Å². The van der Waals surface area contributed by atoms with E-state index in [4.69, 9.17) is 0 Å². The number of H-pyrrole nitrogens is 1. The lowest BCUT2D eigenvalue weighted by Crippen LogP contribution is -2.18. The van der Waals surface area contributed by atoms with Gasteiger partial charge in [0.05, 0.1) is 5.69 Å². The van der Waals surface area contributed by atoms with Crippen LogP contribution in [-0.4, -0.2) is 21.9 Å². The van der Waals surface area contributed by atoms with Gasteiger partial charge in [-0.15, -0.1) is 0 Å². The number of aryl methyl sites for hydroxylation is 2. The number of fused-ring (bicyclic) bond motifs is 1. The van der Waals surface area contributed by atoms with Crippen LogP contribution < -0.4 is 0 Å². The van der Waals surface area contributed by atoms with Crippen LogP contribution in [0.2, 0.25) is 0 Å². The number of aromatic nitrogens is 2. The fourth-order valence-electron chi connectivity index (χ4n) is 2.81. The molecule has 0 saturated carbocycles. The predicted octanol–water partition coefficient (Wildman–Crippen LogP) is 3.81. The molecule has 2 aromatic heterocycles. The van der Waals surface area contributed by atoms with E-state index in [1.54, 1.807) is 0 Å². The Morgan fingerprint density at radius 3 is 2.62 bits per heavy atom. The standard InChI is InChI=1S/C18H21N3/c1-13-7-6-9-16-14(2)17(20-18(13)16)12-21(3)11-15-8-4-5-10-19-15/h4-10,20H,11-12H2,1-3H3. The highest BCUT2D eigenvalue weighted by molar-refractivity contribution is 5.86. The average molecular weight is 279 g/mol. The van der Waals surface area contributed by atoms with Gasteiger partial charge in [0.2, 0.25) is 0 Å². The highest BCUT2D eigenvalue weighted by Crippen LogP contribution is 2.25. The van der Waals surface area contributed by atoms with Crippen LogP contribution in [0, 0.1) is 13.8 Å². The Bertz CT molecular complexity index is 744. The molecule has 0 aliphatic carbocycles. The molecule has 3 heteroatoms. The lowest BCUT2D eigenvalue weighted by molar-refractivity contribution is 0.311. The van der Waals surface area contributed by atoms with Gasteiger partial charge in [-0.05, 0) is 44.2 Å². The number of hydrogen-bond acceptors (Lipinski definition) is 2. The van der Waals surface area contributed by atoms with Crippen LogP contribution >= 0.6 is 0 Å². The molecule has 0 fully saturated rings. The maximum absolute atomic E-state index is 4.39. The molecule has 21 heavy (non-hydrogen) atoms. The molecule has 0 bridgehead atoms. The van der Waals surface area contributed by atoms with E-state index in [0.29, 0.717) is 0 Å². The first-order valence-corrected chi connectivity index (χ1v) is 7.30. The summed E-state index contributed by atoms with van der Waals surface area (Å²) in [7, 11) is 2.13. The first kappa shape index (κ1) is 13.8. The zero-order valence-electron chi connectivity index (χ0n) is 12.9. The summed E-state index contributed by atoms with van der Waals surface area (Å²) in [6.07, 6.45) is 1.85. The van der Waals surface area contributed by atoms with Crippen LogP contribution in [0.1, 0.15) is 22.5 Å². The van der Waals surface area contributed by atoms with E-state index < -0.39 is 0 Å². The second-order valence-electron chi connectivity index (χ2n) is 5.72. The first-order chi connectivity index (χ1) is 10.1. The molecule has 0 amide bonds. The van der Waals surface area contributed by atoms with Gasteiger partial charge in [-0.2, -0.15) is 0 Å². The number of benzene rings is 1. The van der Waals surface area contributed by atoms with Gasteiger partial charge < -0.3 is 4.98 Å². The number of para-hydroxylation sites is 1. The monoisotopic (exact) mass is 279 g/mol. The molecule has 0 aliphatic heterocycles. The van der Waals surface area contributed by atoms with E-state index in [-0.39, 0.29) is 0 Å². The molecule has 3 nitrogen and oxygen atoms in total. The predicted molar refractivity (Wildman–Crippen MR) is 87.2 cm³/mol. The number of nitrogens with zero attached hydrogens (tertiary/aromatic N) is 2. The molecule has 1 aromatic carbocycles. The van der Waals surface area contributed by atoms with Crippen molar-refractivity contribution in [2.24, 2.45) is 0 Å². The third kappa shape index (κ3) is 2.83. The summed E-state index contributed by atoms with van der Waals surface area (Å²) in [5.74, 6) is 0. The lowest BCUT2D eigenvalue weighted by atomic mass is 10.1. The molecule has 3 aromatic rings. The van der Waals surface area contributed by atoms with Crippen molar-refractivity contribution in [3.05, 3.63) is 65.1 Å². The summed E-state index contributed by atoms with van der Waals surface area (Å²) in [6.45, 7) is 6.10. The Kier molecular flexibility index (Phi) is 3.76. The minimum absolute atomic E-state index is 0.856. The normalized spacial score (nSPS) is 11.4. The average Bonchev–Trinajstić information content (AvgIpc) is 2.79. The minimum Gasteiger partial charge on any atom is -0.357 e. The van der Waals surface area contributed by atoms with Crippen LogP contribution in [0.5, 0.6) is 0 Å². The zero-order valence-corrected chi connectivity index (χ0v) is 12.9. The Balaban J connectivity index is 1.81. The van der Waals surface area contributed by atoms with E-state index in [0.717, 1.165) is 18.8 Å². The molecular formula is C18H21N3. The quantitative estimate of drug-likeness (QED) is 0.787. The van der Waals surface area contributed by atoms with Crippen LogP contribution in [0.25, 0.3) is 10.9 Å². The Labute approximate surface area is 125 Å². The minimum atomic E-state index is 0.856. The fraction of sp³-hybridized carbons (Fsp3) is 0.278. The number of aromatic amines is 1. The summed E-state index contributed by atoms with van der Waals surface area (Å²) < 4.78 is 0. The van der Waals surface area contributed by atoms with Crippen LogP contribution in [0.3, 0.4) is 0 Å². The van der Waals surface area contributed by atoms with Crippen molar-refractivity contribution in [3.8, 4) is 0 Å². The zero-order chi connectivity index (χ0) is 14.8.